The van der Waals surface area contributed by atoms with E-state index in [1.165, 1.54) is 19.3 Å². The highest BCUT2D eigenvalue weighted by Crippen LogP contribution is 2.24. The van der Waals surface area contributed by atoms with Gasteiger partial charge in [-0.2, -0.15) is 0 Å². The van der Waals surface area contributed by atoms with Crippen LogP contribution in [-0.2, 0) is 9.47 Å². The van der Waals surface area contributed by atoms with Gasteiger partial charge in [0.25, 0.3) is 0 Å². The van der Waals surface area contributed by atoms with E-state index >= 15 is 0 Å². The van der Waals surface area contributed by atoms with Crippen LogP contribution in [0.2, 0.25) is 0 Å². The van der Waals surface area contributed by atoms with Crippen molar-refractivity contribution in [1.29, 1.82) is 0 Å². The number of unbranched alkanes of at least 4 members (excludes halogenated alkanes) is 3. The van der Waals surface area contributed by atoms with Gasteiger partial charge in [-0.25, -0.2) is 0 Å². The fourth-order valence-corrected chi connectivity index (χ4v) is 2.33. The summed E-state index contributed by atoms with van der Waals surface area (Å²) >= 11 is 0. The molecule has 114 valence electrons. The van der Waals surface area contributed by atoms with Gasteiger partial charge in [0.15, 0.2) is 0 Å². The number of ether oxygens (including phenoxy) is 2. The fraction of sp³-hybridized carbons (Fsp3) is 1.00. The summed E-state index contributed by atoms with van der Waals surface area (Å²) in [4.78, 5) is 0. The maximum atomic E-state index is 9.88. The van der Waals surface area contributed by atoms with Gasteiger partial charge in [0.05, 0.1) is 18.8 Å². The Morgan fingerprint density at radius 2 is 2.21 bits per heavy atom. The predicted octanol–water partition coefficient (Wildman–Crippen LogP) is 2.10. The number of hydrogen-bond acceptors (Lipinski definition) is 4. The first-order chi connectivity index (χ1) is 9.08. The number of aliphatic hydroxyl groups excluding tert-OH is 1. The summed E-state index contributed by atoms with van der Waals surface area (Å²) in [7, 11) is 0. The van der Waals surface area contributed by atoms with Gasteiger partial charge in [0.2, 0.25) is 0 Å². The summed E-state index contributed by atoms with van der Waals surface area (Å²) in [6, 6.07) is 0. The molecular weight excluding hydrogens is 242 g/mol. The van der Waals surface area contributed by atoms with Crippen molar-refractivity contribution >= 4 is 0 Å². The number of hydrogen-bond donors (Lipinski definition) is 2. The highest BCUT2D eigenvalue weighted by atomic mass is 16.5. The predicted molar refractivity (Wildman–Crippen MR) is 77.4 cm³/mol. The summed E-state index contributed by atoms with van der Waals surface area (Å²) in [6.45, 7) is 8.98. The van der Waals surface area contributed by atoms with E-state index < -0.39 is 6.10 Å². The lowest BCUT2D eigenvalue weighted by Gasteiger charge is -2.30. The van der Waals surface area contributed by atoms with Crippen molar-refractivity contribution in [3.05, 3.63) is 0 Å². The Bertz CT molecular complexity index is 237. The lowest BCUT2D eigenvalue weighted by atomic mass is 9.94. The van der Waals surface area contributed by atoms with Crippen molar-refractivity contribution in [3.8, 4) is 0 Å². The molecule has 4 heteroatoms. The summed E-state index contributed by atoms with van der Waals surface area (Å²) in [5, 5.41) is 13.3. The largest absolute Gasteiger partial charge is 0.389 e. The average Bonchev–Trinajstić information content (AvgIpc) is 2.72. The van der Waals surface area contributed by atoms with Crippen LogP contribution in [0.5, 0.6) is 0 Å². The van der Waals surface area contributed by atoms with E-state index in [0.717, 1.165) is 26.1 Å². The summed E-state index contributed by atoms with van der Waals surface area (Å²) in [5.74, 6) is 0. The summed E-state index contributed by atoms with van der Waals surface area (Å²) in [5.41, 5.74) is -0.0118. The first kappa shape index (κ1) is 16.9. The van der Waals surface area contributed by atoms with Crippen LogP contribution < -0.4 is 5.32 Å². The average molecular weight is 273 g/mol. The Kier molecular flexibility index (Phi) is 7.91. The standard InChI is InChI=1S/C15H31NO3/c1-4-5-6-7-9-18-12-14(17)11-16-15(3)8-10-19-13(15)2/h13-14,16-17H,4-12H2,1-3H3. The second-order valence-electron chi connectivity index (χ2n) is 5.85. The molecular formula is C15H31NO3. The molecule has 0 aliphatic carbocycles. The minimum Gasteiger partial charge on any atom is -0.389 e. The number of β-amino-alcohol motifs (C(OH)–C–C–N with tert-alkyl or cyclic N) is 1. The third-order valence-corrected chi connectivity index (χ3v) is 4.08. The maximum absolute atomic E-state index is 9.88. The summed E-state index contributed by atoms with van der Waals surface area (Å²) in [6.07, 6.45) is 5.59. The molecule has 0 bridgehead atoms. The molecule has 4 nitrogen and oxygen atoms in total. The quantitative estimate of drug-likeness (QED) is 0.599. The zero-order valence-electron chi connectivity index (χ0n) is 12.8. The first-order valence-corrected chi connectivity index (χ1v) is 7.71. The normalized spacial score (nSPS) is 28.7. The third-order valence-electron chi connectivity index (χ3n) is 4.08. The van der Waals surface area contributed by atoms with E-state index in [0.29, 0.717) is 13.2 Å². The minimum absolute atomic E-state index is 0.0118. The van der Waals surface area contributed by atoms with Crippen molar-refractivity contribution in [2.24, 2.45) is 0 Å². The number of aliphatic hydroxyl groups is 1. The number of rotatable bonds is 10. The molecule has 2 N–H and O–H groups in total. The van der Waals surface area contributed by atoms with Crippen molar-refractivity contribution in [3.63, 3.8) is 0 Å². The van der Waals surface area contributed by atoms with Crippen molar-refractivity contribution < 1.29 is 14.6 Å². The molecule has 1 aliphatic heterocycles. The van der Waals surface area contributed by atoms with Crippen LogP contribution in [0.3, 0.4) is 0 Å². The van der Waals surface area contributed by atoms with Crippen molar-refractivity contribution in [2.45, 2.75) is 70.6 Å². The van der Waals surface area contributed by atoms with Gasteiger partial charge in [-0.15, -0.1) is 0 Å². The molecule has 3 unspecified atom stereocenters. The van der Waals surface area contributed by atoms with E-state index in [-0.39, 0.29) is 11.6 Å². The molecule has 0 aromatic rings. The Morgan fingerprint density at radius 1 is 1.42 bits per heavy atom. The molecule has 0 radical (unpaired) electrons. The first-order valence-electron chi connectivity index (χ1n) is 7.71. The van der Waals surface area contributed by atoms with Crippen molar-refractivity contribution in [1.82, 2.24) is 5.32 Å². The minimum atomic E-state index is -0.434. The van der Waals surface area contributed by atoms with Gasteiger partial charge in [-0.05, 0) is 26.7 Å². The van der Waals surface area contributed by atoms with Crippen LogP contribution in [0.15, 0.2) is 0 Å². The van der Waals surface area contributed by atoms with Crippen LogP contribution >= 0.6 is 0 Å². The van der Waals surface area contributed by atoms with Gasteiger partial charge in [-0.3, -0.25) is 0 Å². The highest BCUT2D eigenvalue weighted by molar-refractivity contribution is 4.93. The smallest absolute Gasteiger partial charge is 0.0897 e. The second-order valence-corrected chi connectivity index (χ2v) is 5.85. The number of nitrogens with one attached hydrogen (secondary N) is 1. The van der Waals surface area contributed by atoms with Gasteiger partial charge in [-0.1, -0.05) is 26.2 Å². The van der Waals surface area contributed by atoms with E-state index in [1.54, 1.807) is 0 Å². The van der Waals surface area contributed by atoms with Gasteiger partial charge < -0.3 is 19.9 Å². The maximum Gasteiger partial charge on any atom is 0.0897 e. The van der Waals surface area contributed by atoms with Crippen LogP contribution in [-0.4, -0.2) is 49.2 Å². The van der Waals surface area contributed by atoms with Crippen LogP contribution in [0, 0.1) is 0 Å². The van der Waals surface area contributed by atoms with Crippen LogP contribution in [0.1, 0.15) is 52.9 Å². The van der Waals surface area contributed by atoms with Crippen LogP contribution in [0.25, 0.3) is 0 Å². The molecule has 0 aromatic carbocycles. The van der Waals surface area contributed by atoms with E-state index in [2.05, 4.69) is 26.1 Å². The Morgan fingerprint density at radius 3 is 2.84 bits per heavy atom. The topological polar surface area (TPSA) is 50.7 Å². The molecule has 0 amide bonds. The zero-order valence-corrected chi connectivity index (χ0v) is 12.8. The Balaban J connectivity index is 2.03. The highest BCUT2D eigenvalue weighted by Gasteiger charge is 2.36. The lowest BCUT2D eigenvalue weighted by Crippen LogP contribution is -2.50. The molecule has 1 fully saturated rings. The summed E-state index contributed by atoms with van der Waals surface area (Å²) < 4.78 is 11.1. The lowest BCUT2D eigenvalue weighted by molar-refractivity contribution is 0.0265. The molecule has 0 aromatic heterocycles. The van der Waals surface area contributed by atoms with E-state index in [1.807, 2.05) is 0 Å². The Labute approximate surface area is 117 Å². The molecule has 1 saturated heterocycles. The molecule has 0 saturated carbocycles. The molecule has 1 heterocycles. The molecule has 19 heavy (non-hydrogen) atoms. The molecule has 3 atom stereocenters. The van der Waals surface area contributed by atoms with Crippen molar-refractivity contribution in [2.75, 3.05) is 26.4 Å². The molecule has 1 aliphatic rings. The van der Waals surface area contributed by atoms with Gasteiger partial charge in [0, 0.05) is 25.3 Å². The second kappa shape index (κ2) is 8.90. The van der Waals surface area contributed by atoms with E-state index in [9.17, 15) is 5.11 Å². The molecule has 0 spiro atoms. The van der Waals surface area contributed by atoms with E-state index in [4.69, 9.17) is 9.47 Å². The zero-order chi connectivity index (χ0) is 14.1. The van der Waals surface area contributed by atoms with Gasteiger partial charge in [0.1, 0.15) is 0 Å². The fourth-order valence-electron chi connectivity index (χ4n) is 2.33. The SMILES string of the molecule is CCCCCCOCC(O)CNC1(C)CCOC1C. The van der Waals surface area contributed by atoms with Gasteiger partial charge >= 0.3 is 0 Å². The Hall–Kier alpha value is -0.160. The monoisotopic (exact) mass is 273 g/mol. The third kappa shape index (κ3) is 6.21. The van der Waals surface area contributed by atoms with Crippen LogP contribution in [0.4, 0.5) is 0 Å². The molecule has 1 rings (SSSR count).